The lowest BCUT2D eigenvalue weighted by Crippen LogP contribution is -1.94. The molecule has 0 spiro atoms. The lowest BCUT2D eigenvalue weighted by atomic mass is 10.2. The number of aldehydes is 1. The number of hydrogen-bond acceptors (Lipinski definition) is 3. The quantitative estimate of drug-likeness (QED) is 0.757. The van der Waals surface area contributed by atoms with Crippen molar-refractivity contribution in [3.05, 3.63) is 22.5 Å². The molecule has 0 aliphatic heterocycles. The fourth-order valence-electron chi connectivity index (χ4n) is 0.744. The van der Waals surface area contributed by atoms with E-state index in [1.54, 1.807) is 0 Å². The molecule has 13 heavy (non-hydrogen) atoms. The van der Waals surface area contributed by atoms with Crippen LogP contribution in [0, 0.1) is 0 Å². The summed E-state index contributed by atoms with van der Waals surface area (Å²) in [5, 5.41) is 8.53. The summed E-state index contributed by atoms with van der Waals surface area (Å²) in [4.78, 5) is 13.5. The molecule has 1 N–H and O–H groups in total. The molecule has 70 valence electrons. The molecule has 0 unspecified atom stereocenters. The van der Waals surface area contributed by atoms with E-state index in [-0.39, 0.29) is 12.0 Å². The predicted molar refractivity (Wildman–Crippen MR) is 41.3 cm³/mol. The Morgan fingerprint density at radius 1 is 1.62 bits per heavy atom. The van der Waals surface area contributed by atoms with E-state index in [2.05, 4.69) is 4.98 Å². The van der Waals surface area contributed by atoms with Crippen LogP contribution in [0.15, 0.2) is 6.20 Å². The number of carbonyl (C=O) groups is 1. The van der Waals surface area contributed by atoms with Crippen LogP contribution >= 0.6 is 11.6 Å². The monoisotopic (exact) mass is 207 g/mol. The Kier molecular flexibility index (Phi) is 2.77. The van der Waals surface area contributed by atoms with Gasteiger partial charge in [0, 0.05) is 6.20 Å². The summed E-state index contributed by atoms with van der Waals surface area (Å²) in [7, 11) is 0. The molecule has 0 saturated heterocycles. The van der Waals surface area contributed by atoms with Gasteiger partial charge in [0.1, 0.15) is 5.69 Å². The molecular weight excluding hydrogens is 204 g/mol. The summed E-state index contributed by atoms with van der Waals surface area (Å²) in [5.74, 6) is -0.713. The van der Waals surface area contributed by atoms with Gasteiger partial charge in [-0.3, -0.25) is 4.79 Å². The minimum absolute atomic E-state index is 0.233. The van der Waals surface area contributed by atoms with Crippen molar-refractivity contribution in [3.63, 3.8) is 0 Å². The van der Waals surface area contributed by atoms with E-state index >= 15 is 0 Å². The Morgan fingerprint density at radius 2 is 2.23 bits per heavy atom. The van der Waals surface area contributed by atoms with Crippen molar-refractivity contribution >= 4 is 17.9 Å². The molecule has 3 nitrogen and oxygen atoms in total. The van der Waals surface area contributed by atoms with Crippen molar-refractivity contribution in [1.29, 1.82) is 0 Å². The first-order valence-corrected chi connectivity index (χ1v) is 3.56. The number of aromatic hydroxyl groups is 1. The van der Waals surface area contributed by atoms with E-state index in [1.165, 1.54) is 0 Å². The van der Waals surface area contributed by atoms with Gasteiger partial charge in [-0.1, -0.05) is 11.6 Å². The molecule has 1 aromatic rings. The predicted octanol–water partition coefficient (Wildman–Crippen LogP) is 2.19. The van der Waals surface area contributed by atoms with E-state index in [4.69, 9.17) is 16.7 Å². The molecule has 0 saturated carbocycles. The molecule has 1 aromatic heterocycles. The topological polar surface area (TPSA) is 50.2 Å². The summed E-state index contributed by atoms with van der Waals surface area (Å²) in [6, 6.07) is 0. The standard InChI is InChI=1S/C7H4ClF2NO2/c8-5-3(7(9)10)1-11-4(2-12)6(5)13/h1-2,7,13H. The Balaban J connectivity index is 3.31. The molecule has 0 aromatic carbocycles. The highest BCUT2D eigenvalue weighted by Crippen LogP contribution is 2.33. The summed E-state index contributed by atoms with van der Waals surface area (Å²) >= 11 is 5.34. The molecule has 1 rings (SSSR count). The average molecular weight is 208 g/mol. The fraction of sp³-hybridized carbons (Fsp3) is 0.143. The average Bonchev–Trinajstić information content (AvgIpc) is 2.09. The summed E-state index contributed by atoms with van der Waals surface area (Å²) in [6.07, 6.45) is -1.83. The molecule has 0 atom stereocenters. The maximum Gasteiger partial charge on any atom is 0.266 e. The molecule has 6 heteroatoms. The van der Waals surface area contributed by atoms with Crippen LogP contribution in [-0.2, 0) is 0 Å². The van der Waals surface area contributed by atoms with Crippen LogP contribution in [0.4, 0.5) is 8.78 Å². The number of pyridine rings is 1. The number of alkyl halides is 2. The van der Waals surface area contributed by atoms with Gasteiger partial charge in [-0.15, -0.1) is 0 Å². The highest BCUT2D eigenvalue weighted by Gasteiger charge is 2.18. The SMILES string of the molecule is O=Cc1ncc(C(F)F)c(Cl)c1O. The Labute approximate surface area is 77.0 Å². The Hall–Kier alpha value is -1.23. The first-order valence-electron chi connectivity index (χ1n) is 3.18. The number of rotatable bonds is 2. The van der Waals surface area contributed by atoms with Crippen molar-refractivity contribution in [2.45, 2.75) is 6.43 Å². The second kappa shape index (κ2) is 3.66. The maximum atomic E-state index is 12.1. The number of nitrogens with zero attached hydrogens (tertiary/aromatic N) is 1. The number of halogens is 3. The highest BCUT2D eigenvalue weighted by atomic mass is 35.5. The van der Waals surface area contributed by atoms with Gasteiger partial charge < -0.3 is 5.11 Å². The van der Waals surface area contributed by atoms with E-state index in [0.29, 0.717) is 0 Å². The van der Waals surface area contributed by atoms with Crippen molar-refractivity contribution in [3.8, 4) is 5.75 Å². The van der Waals surface area contributed by atoms with Crippen LogP contribution in [-0.4, -0.2) is 16.4 Å². The van der Waals surface area contributed by atoms with Crippen molar-refractivity contribution in [2.75, 3.05) is 0 Å². The lowest BCUT2D eigenvalue weighted by Gasteiger charge is -2.04. The van der Waals surface area contributed by atoms with Gasteiger partial charge >= 0.3 is 0 Å². The van der Waals surface area contributed by atoms with Gasteiger partial charge in [-0.05, 0) is 0 Å². The molecule has 0 aliphatic rings. The lowest BCUT2D eigenvalue weighted by molar-refractivity contribution is 0.111. The van der Waals surface area contributed by atoms with E-state index < -0.39 is 22.8 Å². The zero-order valence-corrected chi connectivity index (χ0v) is 6.92. The summed E-state index contributed by atoms with van der Waals surface area (Å²) in [5.41, 5.74) is -0.945. The van der Waals surface area contributed by atoms with Gasteiger partial charge in [0.05, 0.1) is 10.6 Å². The highest BCUT2D eigenvalue weighted by molar-refractivity contribution is 6.33. The number of carbonyl (C=O) groups excluding carboxylic acids is 1. The van der Waals surface area contributed by atoms with Gasteiger partial charge in [0.25, 0.3) is 6.43 Å². The third kappa shape index (κ3) is 1.75. The van der Waals surface area contributed by atoms with Crippen LogP contribution in [0.1, 0.15) is 22.5 Å². The van der Waals surface area contributed by atoms with Gasteiger partial charge in [-0.25, -0.2) is 13.8 Å². The van der Waals surface area contributed by atoms with Crippen LogP contribution < -0.4 is 0 Å². The largest absolute Gasteiger partial charge is 0.504 e. The fourth-order valence-corrected chi connectivity index (χ4v) is 0.973. The molecule has 0 fully saturated rings. The Morgan fingerprint density at radius 3 is 2.69 bits per heavy atom. The number of aromatic nitrogens is 1. The van der Waals surface area contributed by atoms with Gasteiger partial charge in [-0.2, -0.15) is 0 Å². The molecule has 1 heterocycles. The smallest absolute Gasteiger partial charge is 0.266 e. The van der Waals surface area contributed by atoms with E-state index in [1.807, 2.05) is 0 Å². The normalized spacial score (nSPS) is 10.5. The first-order chi connectivity index (χ1) is 6.07. The van der Waals surface area contributed by atoms with Crippen LogP contribution in [0.5, 0.6) is 5.75 Å². The zero-order valence-electron chi connectivity index (χ0n) is 6.17. The van der Waals surface area contributed by atoms with Gasteiger partial charge in [0.2, 0.25) is 0 Å². The number of hydrogen-bond donors (Lipinski definition) is 1. The van der Waals surface area contributed by atoms with E-state index in [0.717, 1.165) is 6.20 Å². The van der Waals surface area contributed by atoms with Crippen molar-refractivity contribution in [2.24, 2.45) is 0 Å². The Bertz CT molecular complexity index is 344. The molecule has 0 aliphatic carbocycles. The van der Waals surface area contributed by atoms with Crippen molar-refractivity contribution < 1.29 is 18.7 Å². The third-order valence-corrected chi connectivity index (χ3v) is 1.79. The summed E-state index contributed by atoms with van der Waals surface area (Å²) in [6.45, 7) is 0. The van der Waals surface area contributed by atoms with Crippen molar-refractivity contribution in [1.82, 2.24) is 4.98 Å². The molecule has 0 amide bonds. The minimum atomic E-state index is -2.83. The minimum Gasteiger partial charge on any atom is -0.504 e. The second-order valence-corrected chi connectivity index (χ2v) is 2.56. The third-order valence-electron chi connectivity index (χ3n) is 1.39. The van der Waals surface area contributed by atoms with Crippen LogP contribution in [0.2, 0.25) is 5.02 Å². The first kappa shape index (κ1) is 9.85. The maximum absolute atomic E-state index is 12.1. The van der Waals surface area contributed by atoms with Crippen LogP contribution in [0.3, 0.4) is 0 Å². The molecular formula is C7H4ClF2NO2. The van der Waals surface area contributed by atoms with Gasteiger partial charge in [0.15, 0.2) is 12.0 Å². The molecule has 0 bridgehead atoms. The van der Waals surface area contributed by atoms with Crippen LogP contribution in [0.25, 0.3) is 0 Å². The summed E-state index contributed by atoms with van der Waals surface area (Å²) < 4.78 is 24.2. The second-order valence-electron chi connectivity index (χ2n) is 2.18. The van der Waals surface area contributed by atoms with E-state index in [9.17, 15) is 13.6 Å². The zero-order chi connectivity index (χ0) is 10.0. The molecule has 0 radical (unpaired) electrons.